The third kappa shape index (κ3) is 11.9. The Kier molecular flexibility index (Phi) is 12.7. The quantitative estimate of drug-likeness (QED) is 0.229. The molecule has 0 amide bonds. The van der Waals surface area contributed by atoms with Crippen LogP contribution in [0.2, 0.25) is 0 Å². The SMILES string of the molecule is CCCCCCCCCC1OCC(OS(=O)(=O)[O-])CO1.[Na+]. The Balaban J connectivity index is 0.00000400. The fourth-order valence-electron chi connectivity index (χ4n) is 2.18. The molecule has 0 unspecified atom stereocenters. The van der Waals surface area contributed by atoms with Gasteiger partial charge in [-0.15, -0.1) is 0 Å². The maximum absolute atomic E-state index is 10.4. The summed E-state index contributed by atoms with van der Waals surface area (Å²) in [6, 6.07) is 0. The Bertz CT molecular complexity index is 341. The van der Waals surface area contributed by atoms with E-state index in [-0.39, 0.29) is 49.1 Å². The van der Waals surface area contributed by atoms with Crippen molar-refractivity contribution in [3.8, 4) is 0 Å². The van der Waals surface area contributed by atoms with Crippen molar-refractivity contribution in [3.05, 3.63) is 0 Å². The maximum atomic E-state index is 10.4. The minimum absolute atomic E-state index is 0. The van der Waals surface area contributed by atoms with Crippen molar-refractivity contribution >= 4 is 10.4 Å². The second-order valence-electron chi connectivity index (χ2n) is 5.13. The number of rotatable bonds is 10. The van der Waals surface area contributed by atoms with Gasteiger partial charge < -0.3 is 14.0 Å². The number of ether oxygens (including phenoxy) is 2. The van der Waals surface area contributed by atoms with Crippen LogP contribution in [0.4, 0.5) is 0 Å². The molecule has 1 saturated heterocycles. The summed E-state index contributed by atoms with van der Waals surface area (Å²) in [5, 5.41) is 0. The summed E-state index contributed by atoms with van der Waals surface area (Å²) in [7, 11) is -4.68. The van der Waals surface area contributed by atoms with Crippen molar-refractivity contribution in [1.29, 1.82) is 0 Å². The van der Waals surface area contributed by atoms with Gasteiger partial charge in [-0.25, -0.2) is 8.42 Å². The van der Waals surface area contributed by atoms with Gasteiger partial charge in [0.05, 0.1) is 13.2 Å². The molecule has 0 radical (unpaired) electrons. The molecular weight excluding hydrogens is 307 g/mol. The van der Waals surface area contributed by atoms with Gasteiger partial charge in [-0.2, -0.15) is 0 Å². The zero-order valence-electron chi connectivity index (χ0n) is 13.1. The normalized spacial score (nSPS) is 22.8. The van der Waals surface area contributed by atoms with E-state index in [1.807, 2.05) is 0 Å². The third-order valence-electron chi connectivity index (χ3n) is 3.23. The topological polar surface area (TPSA) is 84.9 Å². The molecule has 1 aliphatic rings. The molecule has 1 heterocycles. The molecule has 0 spiro atoms. The molecule has 1 rings (SSSR count). The molecule has 8 heteroatoms. The Morgan fingerprint density at radius 3 is 2.10 bits per heavy atom. The summed E-state index contributed by atoms with van der Waals surface area (Å²) in [6.07, 6.45) is 8.22. The molecule has 0 aromatic heterocycles. The molecule has 0 aromatic rings. The molecule has 0 aromatic carbocycles. The van der Waals surface area contributed by atoms with E-state index in [1.54, 1.807) is 0 Å². The van der Waals surface area contributed by atoms with E-state index in [0.717, 1.165) is 19.3 Å². The van der Waals surface area contributed by atoms with Gasteiger partial charge in [0.1, 0.15) is 6.10 Å². The zero-order valence-corrected chi connectivity index (χ0v) is 15.9. The summed E-state index contributed by atoms with van der Waals surface area (Å²) < 4.78 is 46.2. The summed E-state index contributed by atoms with van der Waals surface area (Å²) >= 11 is 0. The van der Waals surface area contributed by atoms with Crippen molar-refractivity contribution in [2.45, 2.75) is 70.7 Å². The fraction of sp³-hybridized carbons (Fsp3) is 1.00. The first-order valence-electron chi connectivity index (χ1n) is 7.38. The predicted octanol–water partition coefficient (Wildman–Crippen LogP) is -0.651. The van der Waals surface area contributed by atoms with Crippen LogP contribution in [0.3, 0.4) is 0 Å². The molecule has 1 fully saturated rings. The Morgan fingerprint density at radius 2 is 1.57 bits per heavy atom. The van der Waals surface area contributed by atoms with Gasteiger partial charge in [0.25, 0.3) is 0 Å². The van der Waals surface area contributed by atoms with Crippen LogP contribution in [0.25, 0.3) is 0 Å². The van der Waals surface area contributed by atoms with Gasteiger partial charge in [0, 0.05) is 0 Å². The van der Waals surface area contributed by atoms with Crippen LogP contribution in [-0.4, -0.2) is 38.6 Å². The Hall–Kier alpha value is 0.790. The maximum Gasteiger partial charge on any atom is 1.00 e. The van der Waals surface area contributed by atoms with E-state index < -0.39 is 16.5 Å². The van der Waals surface area contributed by atoms with Crippen molar-refractivity contribution < 1.29 is 56.2 Å². The molecule has 0 saturated carbocycles. The predicted molar refractivity (Wildman–Crippen MR) is 72.9 cm³/mol. The van der Waals surface area contributed by atoms with E-state index in [9.17, 15) is 13.0 Å². The Labute approximate surface area is 150 Å². The van der Waals surface area contributed by atoms with E-state index in [0.29, 0.717) is 0 Å². The summed E-state index contributed by atoms with van der Waals surface area (Å²) in [5.41, 5.74) is 0. The molecule has 120 valence electrons. The molecule has 21 heavy (non-hydrogen) atoms. The molecule has 0 atom stereocenters. The van der Waals surface area contributed by atoms with Crippen molar-refractivity contribution in [3.63, 3.8) is 0 Å². The minimum atomic E-state index is -4.68. The molecule has 0 bridgehead atoms. The van der Waals surface area contributed by atoms with Gasteiger partial charge in [0.2, 0.25) is 10.4 Å². The van der Waals surface area contributed by atoms with Crippen LogP contribution in [0.15, 0.2) is 0 Å². The monoisotopic (exact) mass is 332 g/mol. The van der Waals surface area contributed by atoms with E-state index >= 15 is 0 Å². The van der Waals surface area contributed by atoms with Gasteiger partial charge >= 0.3 is 29.6 Å². The smallest absolute Gasteiger partial charge is 0.726 e. The summed E-state index contributed by atoms with van der Waals surface area (Å²) in [6.45, 7) is 2.37. The molecule has 0 N–H and O–H groups in total. The molecule has 6 nitrogen and oxygen atoms in total. The second-order valence-corrected chi connectivity index (χ2v) is 6.14. The molecule has 1 aliphatic heterocycles. The van der Waals surface area contributed by atoms with Crippen LogP contribution in [0.1, 0.15) is 58.3 Å². The van der Waals surface area contributed by atoms with Crippen LogP contribution in [0, 0.1) is 0 Å². The number of hydrogen-bond acceptors (Lipinski definition) is 6. The average Bonchev–Trinajstić information content (AvgIpc) is 2.38. The second kappa shape index (κ2) is 12.2. The first-order valence-corrected chi connectivity index (χ1v) is 8.72. The van der Waals surface area contributed by atoms with Crippen LogP contribution in [0.5, 0.6) is 0 Å². The Morgan fingerprint density at radius 1 is 1.05 bits per heavy atom. The van der Waals surface area contributed by atoms with E-state index in [2.05, 4.69) is 11.1 Å². The van der Waals surface area contributed by atoms with Crippen LogP contribution >= 0.6 is 0 Å². The number of unbranched alkanes of at least 4 members (excludes halogenated alkanes) is 6. The largest absolute Gasteiger partial charge is 1.00 e. The van der Waals surface area contributed by atoms with Crippen molar-refractivity contribution in [1.82, 2.24) is 0 Å². The number of hydrogen-bond donors (Lipinski definition) is 0. The zero-order chi connectivity index (χ0) is 14.8. The summed E-state index contributed by atoms with van der Waals surface area (Å²) in [5.74, 6) is 0. The molecule has 0 aliphatic carbocycles. The fourth-order valence-corrected chi connectivity index (χ4v) is 2.63. The first kappa shape index (κ1) is 21.8. The minimum Gasteiger partial charge on any atom is -0.726 e. The van der Waals surface area contributed by atoms with Gasteiger partial charge in [-0.05, 0) is 12.8 Å². The third-order valence-corrected chi connectivity index (χ3v) is 3.74. The standard InChI is InChI=1S/C13H26O6S.Na/c1-2-3-4-5-6-7-8-9-13-17-10-12(11-18-13)19-20(14,15)16;/h12-13H,2-11H2,1H3,(H,14,15,16);/q;+1/p-1. The summed E-state index contributed by atoms with van der Waals surface area (Å²) in [4.78, 5) is 0. The van der Waals surface area contributed by atoms with Gasteiger partial charge in [-0.1, -0.05) is 45.4 Å². The first-order chi connectivity index (χ1) is 9.51. The van der Waals surface area contributed by atoms with Crippen molar-refractivity contribution in [2.24, 2.45) is 0 Å². The van der Waals surface area contributed by atoms with E-state index in [4.69, 9.17) is 9.47 Å². The van der Waals surface area contributed by atoms with E-state index in [1.165, 1.54) is 32.1 Å². The van der Waals surface area contributed by atoms with Crippen molar-refractivity contribution in [2.75, 3.05) is 13.2 Å². The molecular formula is C13H25NaO6S. The van der Waals surface area contributed by atoms with Crippen LogP contribution < -0.4 is 29.6 Å². The van der Waals surface area contributed by atoms with Crippen LogP contribution in [-0.2, 0) is 24.1 Å². The van der Waals surface area contributed by atoms with Gasteiger partial charge in [-0.3, -0.25) is 4.18 Å². The van der Waals surface area contributed by atoms with Gasteiger partial charge in [0.15, 0.2) is 6.29 Å². The average molecular weight is 332 g/mol.